The van der Waals surface area contributed by atoms with E-state index in [1.54, 1.807) is 7.05 Å². The number of nitrogens with two attached hydrogens (primary N) is 2. The lowest BCUT2D eigenvalue weighted by atomic mass is 9.86. The van der Waals surface area contributed by atoms with Crippen LogP contribution >= 0.6 is 0 Å². The molecule has 2 heterocycles. The minimum atomic E-state index is -0.801. The summed E-state index contributed by atoms with van der Waals surface area (Å²) >= 11 is 0. The second kappa shape index (κ2) is 19.7. The van der Waals surface area contributed by atoms with E-state index in [0.717, 1.165) is 36.8 Å². The van der Waals surface area contributed by atoms with Crippen LogP contribution in [0.1, 0.15) is 76.3 Å². The second-order valence-electron chi connectivity index (χ2n) is 15.4. The summed E-state index contributed by atoms with van der Waals surface area (Å²) in [7, 11) is 1.63. The predicted molar refractivity (Wildman–Crippen MR) is 203 cm³/mol. The van der Waals surface area contributed by atoms with E-state index in [2.05, 4.69) is 10.6 Å². The molecule has 2 aromatic carbocycles. The van der Waals surface area contributed by atoms with Gasteiger partial charge in [-0.3, -0.25) is 19.2 Å². The van der Waals surface area contributed by atoms with E-state index >= 15 is 0 Å². The van der Waals surface area contributed by atoms with Gasteiger partial charge in [-0.1, -0.05) is 80.9 Å². The summed E-state index contributed by atoms with van der Waals surface area (Å²) in [6.45, 7) is 6.92. The van der Waals surface area contributed by atoms with Gasteiger partial charge in [0.05, 0.1) is 12.1 Å². The van der Waals surface area contributed by atoms with Gasteiger partial charge in [0.15, 0.2) is 11.6 Å². The summed E-state index contributed by atoms with van der Waals surface area (Å²) in [6, 6.07) is 17.4. The van der Waals surface area contributed by atoms with Gasteiger partial charge in [-0.15, -0.1) is 0 Å². The van der Waals surface area contributed by atoms with Crippen LogP contribution in [0, 0.1) is 23.2 Å². The molecule has 6 N–H and O–H groups in total. The first-order valence-electron chi connectivity index (χ1n) is 19.1. The highest BCUT2D eigenvalue weighted by atomic mass is 16.2. The van der Waals surface area contributed by atoms with Crippen molar-refractivity contribution in [3.63, 3.8) is 0 Å². The highest BCUT2D eigenvalue weighted by molar-refractivity contribution is 5.95. The van der Waals surface area contributed by atoms with Crippen molar-refractivity contribution in [2.75, 3.05) is 39.8 Å². The molecule has 0 aromatic heterocycles. The molecule has 11 nitrogen and oxygen atoms in total. The molecule has 2 aliphatic rings. The van der Waals surface area contributed by atoms with Crippen molar-refractivity contribution in [1.29, 1.82) is 0 Å². The molecule has 4 amide bonds. The number of rotatable bonds is 19. The predicted octanol–water partition coefficient (Wildman–Crippen LogP) is 3.87. The summed E-state index contributed by atoms with van der Waals surface area (Å²) in [6.07, 6.45) is 4.73. The maximum atomic E-state index is 14.1. The number of unbranched alkanes of at least 4 members (excludes halogenated alkanes) is 1. The molecule has 0 radical (unpaired) electrons. The zero-order valence-corrected chi connectivity index (χ0v) is 31.4. The SMILES string of the molecule is CNC(=O)N1CCC2(CCN(C(=O)[C@@H](CCCCN)CC(=O)[C@@H](CC(C)C)NC(=O)[C@H](CC(=O)[C@H](N)Cc3ccccc3)Cc3ccccc3)C2)C1. The Hall–Kier alpha value is -4.09. The van der Waals surface area contributed by atoms with E-state index in [4.69, 9.17) is 11.5 Å². The lowest BCUT2D eigenvalue weighted by Crippen LogP contribution is -2.47. The van der Waals surface area contributed by atoms with Crippen molar-refractivity contribution in [2.24, 2.45) is 34.6 Å². The van der Waals surface area contributed by atoms with E-state index in [9.17, 15) is 24.0 Å². The number of Topliss-reactive ketones (excluding diaryl/α,β-unsaturated/α-hetero) is 2. The Balaban J connectivity index is 1.47. The van der Waals surface area contributed by atoms with Crippen molar-refractivity contribution in [1.82, 2.24) is 20.4 Å². The maximum absolute atomic E-state index is 14.1. The Morgan fingerprint density at radius 1 is 0.788 bits per heavy atom. The van der Waals surface area contributed by atoms with E-state index < -0.39 is 23.9 Å². The van der Waals surface area contributed by atoms with Crippen molar-refractivity contribution in [2.45, 2.75) is 90.1 Å². The number of hydrogen-bond acceptors (Lipinski definition) is 7. The van der Waals surface area contributed by atoms with Crippen LogP contribution in [0.4, 0.5) is 4.79 Å². The van der Waals surface area contributed by atoms with E-state index in [-0.39, 0.29) is 53.6 Å². The molecule has 11 heteroatoms. The molecule has 0 bridgehead atoms. The number of ketones is 2. The Bertz CT molecular complexity index is 1490. The molecule has 2 saturated heterocycles. The molecular weight excluding hydrogens is 656 g/mol. The Morgan fingerprint density at radius 3 is 1.96 bits per heavy atom. The standard InChI is InChI=1S/C41H60N6O5/c1-29(2)22-35(45-38(50)33(23-30-12-6-4-7-13-30)26-36(48)34(43)24-31-14-8-5-9-15-31)37(49)25-32(16-10-11-19-42)39(51)46-20-17-41(27-46)18-21-47(28-41)40(52)44-3/h4-9,12-15,29,32-35H,10-11,16-28,42-43H2,1-3H3,(H,44,52)(H,45,50)/t32-,33-,34+,35+,41?/m0/s1. The van der Waals surface area contributed by atoms with Gasteiger partial charge in [-0.05, 0) is 68.5 Å². The Kier molecular flexibility index (Phi) is 15.4. The molecule has 0 saturated carbocycles. The fourth-order valence-electron chi connectivity index (χ4n) is 7.78. The van der Waals surface area contributed by atoms with Crippen LogP contribution in [-0.2, 0) is 32.0 Å². The Morgan fingerprint density at radius 2 is 1.37 bits per heavy atom. The van der Waals surface area contributed by atoms with Crippen LogP contribution in [0.5, 0.6) is 0 Å². The molecule has 2 aliphatic heterocycles. The van der Waals surface area contributed by atoms with Gasteiger partial charge < -0.3 is 31.9 Å². The van der Waals surface area contributed by atoms with E-state index in [1.807, 2.05) is 84.3 Å². The molecule has 284 valence electrons. The first kappa shape index (κ1) is 40.7. The van der Waals surface area contributed by atoms with Gasteiger partial charge >= 0.3 is 6.03 Å². The van der Waals surface area contributed by atoms with Gasteiger partial charge in [0.25, 0.3) is 0 Å². The molecule has 52 heavy (non-hydrogen) atoms. The average Bonchev–Trinajstić information content (AvgIpc) is 3.76. The lowest BCUT2D eigenvalue weighted by molar-refractivity contribution is -0.138. The first-order valence-corrected chi connectivity index (χ1v) is 19.1. The zero-order chi connectivity index (χ0) is 37.7. The summed E-state index contributed by atoms with van der Waals surface area (Å²) in [5.41, 5.74) is 13.9. The van der Waals surface area contributed by atoms with Gasteiger partial charge in [-0.25, -0.2) is 4.79 Å². The van der Waals surface area contributed by atoms with E-state index in [1.165, 1.54) is 0 Å². The topological polar surface area (TPSA) is 168 Å². The van der Waals surface area contributed by atoms with Crippen LogP contribution in [0.3, 0.4) is 0 Å². The van der Waals surface area contributed by atoms with Crippen molar-refractivity contribution in [3.05, 3.63) is 71.8 Å². The summed E-state index contributed by atoms with van der Waals surface area (Å²) in [5, 5.41) is 5.74. The summed E-state index contributed by atoms with van der Waals surface area (Å²) in [4.78, 5) is 71.7. The van der Waals surface area contributed by atoms with Crippen molar-refractivity contribution in [3.8, 4) is 0 Å². The number of nitrogens with one attached hydrogen (secondary N) is 2. The molecule has 1 spiro atoms. The number of hydrogen-bond donors (Lipinski definition) is 4. The maximum Gasteiger partial charge on any atom is 0.317 e. The molecule has 5 atom stereocenters. The van der Waals surface area contributed by atoms with Crippen LogP contribution < -0.4 is 22.1 Å². The average molecular weight is 717 g/mol. The lowest BCUT2D eigenvalue weighted by Gasteiger charge is -2.28. The van der Waals surface area contributed by atoms with Crippen LogP contribution in [0.2, 0.25) is 0 Å². The molecular formula is C41H60N6O5. The third-order valence-electron chi connectivity index (χ3n) is 10.8. The van der Waals surface area contributed by atoms with Crippen molar-refractivity contribution < 1.29 is 24.0 Å². The molecule has 2 aromatic rings. The van der Waals surface area contributed by atoms with Crippen LogP contribution in [0.15, 0.2) is 60.7 Å². The quantitative estimate of drug-likeness (QED) is 0.160. The third kappa shape index (κ3) is 11.7. The fraction of sp³-hybridized carbons (Fsp3) is 0.585. The minimum Gasteiger partial charge on any atom is -0.346 e. The number of benzene rings is 2. The molecule has 4 rings (SSSR count). The van der Waals surface area contributed by atoms with Crippen LogP contribution in [-0.4, -0.2) is 91.1 Å². The highest BCUT2D eigenvalue weighted by Gasteiger charge is 2.47. The minimum absolute atomic E-state index is 0.0131. The van der Waals surface area contributed by atoms with Crippen LogP contribution in [0.25, 0.3) is 0 Å². The van der Waals surface area contributed by atoms with Gasteiger partial charge in [-0.2, -0.15) is 0 Å². The third-order valence-corrected chi connectivity index (χ3v) is 10.8. The van der Waals surface area contributed by atoms with Gasteiger partial charge in [0.2, 0.25) is 11.8 Å². The largest absolute Gasteiger partial charge is 0.346 e. The van der Waals surface area contributed by atoms with Crippen molar-refractivity contribution >= 4 is 29.4 Å². The van der Waals surface area contributed by atoms with Gasteiger partial charge in [0.1, 0.15) is 0 Å². The Labute approximate surface area is 309 Å². The molecule has 0 aliphatic carbocycles. The monoisotopic (exact) mass is 716 g/mol. The fourth-order valence-corrected chi connectivity index (χ4v) is 7.78. The normalized spacial score (nSPS) is 19.3. The smallest absolute Gasteiger partial charge is 0.317 e. The number of carbonyl (C=O) groups is 5. The van der Waals surface area contributed by atoms with E-state index in [0.29, 0.717) is 58.4 Å². The highest BCUT2D eigenvalue weighted by Crippen LogP contribution is 2.40. The number of likely N-dealkylation sites (tertiary alicyclic amines) is 2. The molecule has 1 unspecified atom stereocenters. The summed E-state index contributed by atoms with van der Waals surface area (Å²) < 4.78 is 0. The summed E-state index contributed by atoms with van der Waals surface area (Å²) in [5.74, 6) is -1.95. The van der Waals surface area contributed by atoms with Gasteiger partial charge in [0, 0.05) is 63.3 Å². The first-order chi connectivity index (χ1) is 24.9. The number of urea groups is 1. The zero-order valence-electron chi connectivity index (χ0n) is 31.4. The second-order valence-corrected chi connectivity index (χ2v) is 15.4. The number of carbonyl (C=O) groups excluding carboxylic acids is 5. The molecule has 2 fully saturated rings. The number of amides is 4. The number of nitrogens with zero attached hydrogens (tertiary/aromatic N) is 2.